The lowest BCUT2D eigenvalue weighted by atomic mass is 9.94. The predicted octanol–water partition coefficient (Wildman–Crippen LogP) is 3.00. The van der Waals surface area contributed by atoms with E-state index in [4.69, 9.17) is 21.1 Å². The monoisotopic (exact) mass is 497 g/mol. The van der Waals surface area contributed by atoms with Gasteiger partial charge in [-0.1, -0.05) is 11.6 Å². The van der Waals surface area contributed by atoms with Crippen LogP contribution in [0.2, 0.25) is 5.02 Å². The largest absolute Gasteiger partial charge is 0.441 e. The molecule has 0 aromatic heterocycles. The number of carbonyl (C=O) groups is 1. The molecule has 3 saturated heterocycles. The second-order valence-corrected chi connectivity index (χ2v) is 12.7. The van der Waals surface area contributed by atoms with Crippen LogP contribution in [0.4, 0.5) is 4.79 Å². The highest BCUT2D eigenvalue weighted by Gasteiger charge is 2.62. The van der Waals surface area contributed by atoms with Gasteiger partial charge in [0.2, 0.25) is 10.0 Å². The first kappa shape index (κ1) is 23.4. The summed E-state index contributed by atoms with van der Waals surface area (Å²) < 4.78 is 41.4. The van der Waals surface area contributed by atoms with Crippen molar-refractivity contribution < 1.29 is 22.7 Å². The van der Waals surface area contributed by atoms with Crippen molar-refractivity contribution in [3.05, 3.63) is 29.3 Å². The zero-order valence-electron chi connectivity index (χ0n) is 19.3. The molecule has 1 amide bonds. The van der Waals surface area contributed by atoms with Crippen molar-refractivity contribution >= 4 is 27.7 Å². The highest BCUT2D eigenvalue weighted by molar-refractivity contribution is 7.89. The summed E-state index contributed by atoms with van der Waals surface area (Å²) in [5, 5.41) is 3.99. The standard InChI is InChI=1S/C23H32ClN3O5S/c1-15-22(2,3)31-14-20(27(15)33(29,30)19-8-4-16(24)5-9-19)23(10-11-23)32-21(28)26-12-17-6-7-18(13-26)25-17/h4-5,8-9,15,17-18,20,25H,6-7,10-14H2,1-3H3/t15-,17?,18?,20-/m1/s1. The number of ether oxygens (including phenoxy) is 2. The molecule has 182 valence electrons. The highest BCUT2D eigenvalue weighted by Crippen LogP contribution is 2.49. The van der Waals surface area contributed by atoms with Gasteiger partial charge in [-0.3, -0.25) is 0 Å². The van der Waals surface area contributed by atoms with Crippen molar-refractivity contribution in [3.63, 3.8) is 0 Å². The van der Waals surface area contributed by atoms with Crippen LogP contribution in [0.25, 0.3) is 0 Å². The molecule has 2 unspecified atom stereocenters. The Hall–Kier alpha value is -1.39. The zero-order chi connectivity index (χ0) is 23.6. The van der Waals surface area contributed by atoms with Gasteiger partial charge in [0.25, 0.3) is 0 Å². The maximum Gasteiger partial charge on any atom is 0.410 e. The molecule has 0 radical (unpaired) electrons. The molecule has 8 nitrogen and oxygen atoms in total. The zero-order valence-corrected chi connectivity index (χ0v) is 20.9. The molecule has 1 aliphatic carbocycles. The first-order chi connectivity index (χ1) is 15.5. The fraction of sp³-hybridized carbons (Fsp3) is 0.696. The fourth-order valence-electron chi connectivity index (χ4n) is 5.36. The number of sulfonamides is 1. The van der Waals surface area contributed by atoms with Crippen LogP contribution in [0, 0.1) is 0 Å². The van der Waals surface area contributed by atoms with E-state index in [1.54, 1.807) is 17.0 Å². The van der Waals surface area contributed by atoms with Gasteiger partial charge < -0.3 is 19.7 Å². The minimum atomic E-state index is -3.88. The summed E-state index contributed by atoms with van der Waals surface area (Å²) in [5.74, 6) is 0. The number of piperazine rings is 1. The van der Waals surface area contributed by atoms with Crippen molar-refractivity contribution in [1.29, 1.82) is 0 Å². The number of hydrogen-bond acceptors (Lipinski definition) is 6. The lowest BCUT2D eigenvalue weighted by Gasteiger charge is -2.50. The second kappa shape index (κ2) is 8.09. The number of carbonyl (C=O) groups excluding carboxylic acids is 1. The number of likely N-dealkylation sites (tertiary alicyclic amines) is 1. The summed E-state index contributed by atoms with van der Waals surface area (Å²) in [6, 6.07) is 5.77. The summed E-state index contributed by atoms with van der Waals surface area (Å²) in [4.78, 5) is 15.1. The van der Waals surface area contributed by atoms with Crippen molar-refractivity contribution in [2.24, 2.45) is 0 Å². The Balaban J connectivity index is 1.42. The van der Waals surface area contributed by atoms with E-state index < -0.39 is 33.3 Å². The Kier molecular flexibility index (Phi) is 5.72. The number of hydrogen-bond donors (Lipinski definition) is 1. The molecule has 3 heterocycles. The molecular weight excluding hydrogens is 466 g/mol. The van der Waals surface area contributed by atoms with Crippen LogP contribution in [-0.2, 0) is 19.5 Å². The molecule has 3 aliphatic heterocycles. The van der Waals surface area contributed by atoms with E-state index in [9.17, 15) is 13.2 Å². The van der Waals surface area contributed by atoms with Gasteiger partial charge in [-0.25, -0.2) is 13.2 Å². The van der Waals surface area contributed by atoms with Gasteiger partial charge in [-0.2, -0.15) is 4.31 Å². The van der Waals surface area contributed by atoms with Gasteiger partial charge in [0.15, 0.2) is 0 Å². The molecule has 5 rings (SSSR count). The van der Waals surface area contributed by atoms with Gasteiger partial charge in [-0.05, 0) is 70.7 Å². The molecule has 1 N–H and O–H groups in total. The van der Waals surface area contributed by atoms with Gasteiger partial charge in [0, 0.05) is 30.2 Å². The fourth-order valence-corrected chi connectivity index (χ4v) is 7.47. The molecule has 0 spiro atoms. The van der Waals surface area contributed by atoms with Crippen molar-refractivity contribution in [3.8, 4) is 0 Å². The third-order valence-corrected chi connectivity index (χ3v) is 10.1. The molecule has 1 saturated carbocycles. The normalized spacial score (nSPS) is 33.0. The molecule has 4 atom stereocenters. The Morgan fingerprint density at radius 1 is 1.15 bits per heavy atom. The minimum Gasteiger partial charge on any atom is -0.441 e. The van der Waals surface area contributed by atoms with Crippen LogP contribution in [0.15, 0.2) is 29.2 Å². The Labute approximate surface area is 200 Å². The van der Waals surface area contributed by atoms with Crippen LogP contribution in [0.5, 0.6) is 0 Å². The number of nitrogens with one attached hydrogen (secondary N) is 1. The van der Waals surface area contributed by atoms with Gasteiger partial charge in [0.1, 0.15) is 5.60 Å². The molecule has 33 heavy (non-hydrogen) atoms. The first-order valence-corrected chi connectivity index (χ1v) is 13.5. The third kappa shape index (κ3) is 4.16. The molecular formula is C23H32ClN3O5S. The average Bonchev–Trinajstić information content (AvgIpc) is 3.46. The molecule has 10 heteroatoms. The van der Waals surface area contributed by atoms with E-state index in [0.717, 1.165) is 12.8 Å². The second-order valence-electron chi connectivity index (χ2n) is 10.4. The molecule has 4 aliphatic rings. The highest BCUT2D eigenvalue weighted by atomic mass is 35.5. The van der Waals surface area contributed by atoms with Crippen molar-refractivity contribution in [2.75, 3.05) is 19.7 Å². The Morgan fingerprint density at radius 2 is 1.76 bits per heavy atom. The van der Waals surface area contributed by atoms with Gasteiger partial charge in [0.05, 0.1) is 29.2 Å². The van der Waals surface area contributed by atoms with E-state index in [2.05, 4.69) is 5.32 Å². The molecule has 2 bridgehead atoms. The van der Waals surface area contributed by atoms with Crippen molar-refractivity contribution in [1.82, 2.24) is 14.5 Å². The van der Waals surface area contributed by atoms with Crippen LogP contribution in [-0.4, -0.2) is 78.8 Å². The number of morpholine rings is 1. The van der Waals surface area contributed by atoms with Crippen LogP contribution in [0.3, 0.4) is 0 Å². The predicted molar refractivity (Wildman–Crippen MR) is 124 cm³/mol. The lowest BCUT2D eigenvalue weighted by molar-refractivity contribution is -0.148. The summed E-state index contributed by atoms with van der Waals surface area (Å²) in [7, 11) is -3.88. The van der Waals surface area contributed by atoms with Gasteiger partial charge in [-0.15, -0.1) is 0 Å². The summed E-state index contributed by atoms with van der Waals surface area (Å²) in [6.45, 7) is 7.06. The average molecular weight is 498 g/mol. The summed E-state index contributed by atoms with van der Waals surface area (Å²) in [5.41, 5.74) is -1.56. The summed E-state index contributed by atoms with van der Waals surface area (Å²) >= 11 is 5.99. The smallest absolute Gasteiger partial charge is 0.410 e. The topological polar surface area (TPSA) is 88.2 Å². The van der Waals surface area contributed by atoms with E-state index in [1.165, 1.54) is 16.4 Å². The van der Waals surface area contributed by atoms with Crippen LogP contribution < -0.4 is 5.32 Å². The Morgan fingerprint density at radius 3 is 2.33 bits per heavy atom. The Bertz CT molecular complexity index is 1020. The van der Waals surface area contributed by atoms with Crippen LogP contribution >= 0.6 is 11.6 Å². The third-order valence-electron chi connectivity index (χ3n) is 7.81. The molecule has 1 aromatic carbocycles. The first-order valence-electron chi connectivity index (χ1n) is 11.7. The number of amides is 1. The maximum atomic E-state index is 13.8. The molecule has 4 fully saturated rings. The van der Waals surface area contributed by atoms with Crippen LogP contribution in [0.1, 0.15) is 46.5 Å². The maximum absolute atomic E-state index is 13.8. The van der Waals surface area contributed by atoms with E-state index in [0.29, 0.717) is 43.0 Å². The lowest BCUT2D eigenvalue weighted by Crippen LogP contribution is -2.66. The number of halogens is 1. The number of fused-ring (bicyclic) bond motifs is 2. The number of nitrogens with zero attached hydrogens (tertiary/aromatic N) is 2. The van der Waals surface area contributed by atoms with Gasteiger partial charge >= 0.3 is 6.09 Å². The number of benzene rings is 1. The quantitative estimate of drug-likeness (QED) is 0.688. The SMILES string of the molecule is C[C@H]1N(S(=O)(=O)c2ccc(Cl)cc2)[C@@H](C2(OC(=O)N3CC4CCC(C3)N4)CC2)COC1(C)C. The minimum absolute atomic E-state index is 0.169. The van der Waals surface area contributed by atoms with E-state index >= 15 is 0 Å². The number of rotatable bonds is 4. The van der Waals surface area contributed by atoms with E-state index in [1.807, 2.05) is 20.8 Å². The van der Waals surface area contributed by atoms with Crippen molar-refractivity contribution in [2.45, 2.75) is 86.7 Å². The molecule has 1 aromatic rings. The summed E-state index contributed by atoms with van der Waals surface area (Å²) in [6.07, 6.45) is 3.01. The van der Waals surface area contributed by atoms with E-state index in [-0.39, 0.29) is 17.6 Å².